The molecule has 10 nitrogen and oxygen atoms in total. The van der Waals surface area contributed by atoms with E-state index in [-0.39, 0.29) is 23.8 Å². The minimum Gasteiger partial charge on any atom is -0.271 e. The molecule has 0 N–H and O–H groups in total. The maximum absolute atomic E-state index is 13.0. The molecule has 1 saturated heterocycles. The lowest BCUT2D eigenvalue weighted by Gasteiger charge is -2.27. The number of hydrogen-bond donors (Lipinski definition) is 0. The van der Waals surface area contributed by atoms with Crippen molar-refractivity contribution < 1.29 is 14.6 Å². The summed E-state index contributed by atoms with van der Waals surface area (Å²) in [5, 5.41) is 28.2. The van der Waals surface area contributed by atoms with Gasteiger partial charge in [0.1, 0.15) is 6.17 Å². The smallest absolute Gasteiger partial charge is 0.269 e. The summed E-state index contributed by atoms with van der Waals surface area (Å²) in [6.45, 7) is 2.24. The van der Waals surface area contributed by atoms with Gasteiger partial charge in [-0.25, -0.2) is 5.01 Å². The number of non-ortho nitro benzene ring substituents is 2. The Morgan fingerprint density at radius 1 is 0.941 bits per heavy atom. The van der Waals surface area contributed by atoms with Crippen molar-refractivity contribution in [2.24, 2.45) is 5.10 Å². The van der Waals surface area contributed by atoms with E-state index in [9.17, 15) is 25.0 Å². The van der Waals surface area contributed by atoms with Crippen LogP contribution in [0.2, 0.25) is 0 Å². The first-order chi connectivity index (χ1) is 16.3. The van der Waals surface area contributed by atoms with Gasteiger partial charge in [0.2, 0.25) is 0 Å². The molecule has 1 atom stereocenters. The van der Waals surface area contributed by atoms with Crippen LogP contribution >= 0.6 is 0 Å². The first-order valence-electron chi connectivity index (χ1n) is 10.5. The first kappa shape index (κ1) is 22.7. The zero-order valence-electron chi connectivity index (χ0n) is 18.3. The summed E-state index contributed by atoms with van der Waals surface area (Å²) in [4.78, 5) is 36.3. The maximum atomic E-state index is 13.0. The van der Waals surface area contributed by atoms with Crippen LogP contribution in [-0.2, 0) is 11.3 Å². The third-order valence-corrected chi connectivity index (χ3v) is 5.53. The van der Waals surface area contributed by atoms with E-state index < -0.39 is 16.0 Å². The Morgan fingerprint density at radius 2 is 1.62 bits per heavy atom. The molecular weight excluding hydrogens is 438 g/mol. The van der Waals surface area contributed by atoms with Crippen molar-refractivity contribution in [3.63, 3.8) is 0 Å². The molecule has 1 aliphatic heterocycles. The van der Waals surface area contributed by atoms with Gasteiger partial charge in [0.05, 0.1) is 22.1 Å². The quantitative estimate of drug-likeness (QED) is 0.295. The van der Waals surface area contributed by atoms with Crippen LogP contribution in [0.1, 0.15) is 29.8 Å². The second kappa shape index (κ2) is 9.59. The number of nitro groups is 2. The minimum atomic E-state index is -0.652. The predicted octanol–water partition coefficient (Wildman–Crippen LogP) is 4.27. The summed E-state index contributed by atoms with van der Waals surface area (Å²) in [7, 11) is 0. The van der Waals surface area contributed by atoms with Crippen molar-refractivity contribution in [2.45, 2.75) is 19.6 Å². The number of amides is 1. The van der Waals surface area contributed by atoms with Gasteiger partial charge in [-0.15, -0.1) is 0 Å². The topological polar surface area (TPSA) is 122 Å². The van der Waals surface area contributed by atoms with Gasteiger partial charge in [-0.3, -0.25) is 29.9 Å². The number of benzene rings is 3. The second-order valence-electron chi connectivity index (χ2n) is 7.84. The zero-order valence-corrected chi connectivity index (χ0v) is 18.3. The summed E-state index contributed by atoms with van der Waals surface area (Å²) in [5.41, 5.74) is 2.54. The SMILES string of the molecule is C/C(=N/N1C(=O)CN(Cc2ccccc2)[C@H]1c1cccc([N+](=O)[O-])c1)c1ccc([N+](=O)[O-])cc1. The lowest BCUT2D eigenvalue weighted by molar-refractivity contribution is -0.385. The van der Waals surface area contributed by atoms with Crippen LogP contribution in [0.3, 0.4) is 0 Å². The Hall–Kier alpha value is -4.44. The number of nitrogens with zero attached hydrogens (tertiary/aromatic N) is 5. The largest absolute Gasteiger partial charge is 0.271 e. The van der Waals surface area contributed by atoms with Crippen molar-refractivity contribution in [1.82, 2.24) is 9.91 Å². The molecule has 0 aromatic heterocycles. The molecule has 1 heterocycles. The Kier molecular flexibility index (Phi) is 6.42. The zero-order chi connectivity index (χ0) is 24.2. The molecule has 0 spiro atoms. The van der Waals surface area contributed by atoms with Crippen LogP contribution in [0.5, 0.6) is 0 Å². The van der Waals surface area contributed by atoms with Crippen LogP contribution in [0, 0.1) is 20.2 Å². The summed E-state index contributed by atoms with van der Waals surface area (Å²) in [6.07, 6.45) is -0.652. The summed E-state index contributed by atoms with van der Waals surface area (Å²) >= 11 is 0. The number of rotatable bonds is 7. The molecule has 4 rings (SSSR count). The molecule has 3 aromatic carbocycles. The Balaban J connectivity index is 1.72. The Bertz CT molecular complexity index is 1260. The molecule has 3 aromatic rings. The van der Waals surface area contributed by atoms with Gasteiger partial charge in [-0.05, 0) is 35.7 Å². The van der Waals surface area contributed by atoms with E-state index in [1.54, 1.807) is 31.2 Å². The molecule has 0 saturated carbocycles. The highest BCUT2D eigenvalue weighted by molar-refractivity contribution is 5.99. The van der Waals surface area contributed by atoms with Crippen LogP contribution in [0.4, 0.5) is 11.4 Å². The van der Waals surface area contributed by atoms with Gasteiger partial charge in [-0.1, -0.05) is 42.5 Å². The fourth-order valence-electron chi connectivity index (χ4n) is 3.89. The van der Waals surface area contributed by atoms with E-state index in [1.807, 2.05) is 35.2 Å². The van der Waals surface area contributed by atoms with Crippen LogP contribution in [0.15, 0.2) is 84.0 Å². The number of hydrazone groups is 1. The molecule has 0 radical (unpaired) electrons. The van der Waals surface area contributed by atoms with Gasteiger partial charge < -0.3 is 0 Å². The molecular formula is C24H21N5O5. The molecule has 1 amide bonds. The van der Waals surface area contributed by atoms with E-state index in [4.69, 9.17) is 0 Å². The molecule has 0 unspecified atom stereocenters. The van der Waals surface area contributed by atoms with E-state index in [0.29, 0.717) is 23.4 Å². The van der Waals surface area contributed by atoms with E-state index in [0.717, 1.165) is 5.56 Å². The fraction of sp³-hybridized carbons (Fsp3) is 0.167. The normalized spacial score (nSPS) is 16.6. The molecule has 0 bridgehead atoms. The lowest BCUT2D eigenvalue weighted by atomic mass is 10.1. The monoisotopic (exact) mass is 459 g/mol. The van der Waals surface area contributed by atoms with Crippen LogP contribution in [-0.4, -0.2) is 37.9 Å². The highest BCUT2D eigenvalue weighted by Crippen LogP contribution is 2.34. The van der Waals surface area contributed by atoms with Crippen LogP contribution < -0.4 is 0 Å². The van der Waals surface area contributed by atoms with E-state index >= 15 is 0 Å². The number of carbonyl (C=O) groups excluding carboxylic acids is 1. The minimum absolute atomic E-state index is 0.0442. The number of nitro benzene ring substituents is 2. The number of hydrogen-bond acceptors (Lipinski definition) is 7. The Morgan fingerprint density at radius 3 is 2.26 bits per heavy atom. The highest BCUT2D eigenvalue weighted by atomic mass is 16.6. The van der Waals surface area contributed by atoms with E-state index in [1.165, 1.54) is 29.3 Å². The van der Waals surface area contributed by atoms with Gasteiger partial charge in [-0.2, -0.15) is 5.10 Å². The third-order valence-electron chi connectivity index (χ3n) is 5.53. The van der Waals surface area contributed by atoms with Crippen molar-refractivity contribution >= 4 is 23.0 Å². The molecule has 0 aliphatic carbocycles. The molecule has 34 heavy (non-hydrogen) atoms. The summed E-state index contributed by atoms with van der Waals surface area (Å²) in [5.74, 6) is -0.256. The molecule has 172 valence electrons. The van der Waals surface area contributed by atoms with Crippen molar-refractivity contribution in [1.29, 1.82) is 0 Å². The van der Waals surface area contributed by atoms with Crippen LogP contribution in [0.25, 0.3) is 0 Å². The third kappa shape index (κ3) is 4.81. The number of carbonyl (C=O) groups is 1. The van der Waals surface area contributed by atoms with E-state index in [2.05, 4.69) is 5.10 Å². The summed E-state index contributed by atoms with van der Waals surface area (Å²) < 4.78 is 0. The fourth-order valence-corrected chi connectivity index (χ4v) is 3.89. The van der Waals surface area contributed by atoms with Crippen molar-refractivity contribution in [2.75, 3.05) is 6.54 Å². The summed E-state index contributed by atoms with van der Waals surface area (Å²) in [6, 6.07) is 21.7. The van der Waals surface area contributed by atoms with Gasteiger partial charge in [0, 0.05) is 30.8 Å². The lowest BCUT2D eigenvalue weighted by Crippen LogP contribution is -2.29. The standard InChI is InChI=1S/C24H21N5O5/c1-17(19-10-12-21(13-11-19)28(31)32)25-27-23(30)16-26(15-18-6-3-2-4-7-18)24(27)20-8-5-9-22(14-20)29(33)34/h2-14,24H,15-16H2,1H3/b25-17-/t24-/m1/s1. The average Bonchev–Trinajstić information content (AvgIpc) is 3.14. The van der Waals surface area contributed by atoms with Crippen molar-refractivity contribution in [3.05, 3.63) is 116 Å². The van der Waals surface area contributed by atoms with Gasteiger partial charge in [0.15, 0.2) is 0 Å². The van der Waals surface area contributed by atoms with Crippen molar-refractivity contribution in [3.8, 4) is 0 Å². The molecule has 10 heteroatoms. The Labute approximate surface area is 195 Å². The second-order valence-corrected chi connectivity index (χ2v) is 7.84. The maximum Gasteiger partial charge on any atom is 0.269 e. The van der Waals surface area contributed by atoms with Gasteiger partial charge in [0.25, 0.3) is 17.3 Å². The molecule has 1 fully saturated rings. The predicted molar refractivity (Wildman–Crippen MR) is 125 cm³/mol. The highest BCUT2D eigenvalue weighted by Gasteiger charge is 2.39. The first-order valence-corrected chi connectivity index (χ1v) is 10.5. The van der Waals surface area contributed by atoms with Gasteiger partial charge >= 0.3 is 0 Å². The molecule has 1 aliphatic rings. The average molecular weight is 459 g/mol.